The lowest BCUT2D eigenvalue weighted by Gasteiger charge is -2.07. The summed E-state index contributed by atoms with van der Waals surface area (Å²) in [5.74, 6) is 0.312. The maximum Gasteiger partial charge on any atom is 0.224 e. The zero-order valence-electron chi connectivity index (χ0n) is 14.1. The molecular formula is C19H18FN5O. The third-order valence-electron chi connectivity index (χ3n) is 4.39. The highest BCUT2D eigenvalue weighted by Gasteiger charge is 2.28. The lowest BCUT2D eigenvalue weighted by Crippen LogP contribution is -2.12. The van der Waals surface area contributed by atoms with Crippen LogP contribution in [-0.4, -0.2) is 26.1 Å². The molecule has 1 amide bonds. The molecule has 0 unspecified atom stereocenters. The van der Waals surface area contributed by atoms with Crippen LogP contribution in [0.3, 0.4) is 0 Å². The average Bonchev–Trinajstić information content (AvgIpc) is 3.38. The van der Waals surface area contributed by atoms with E-state index in [1.165, 1.54) is 6.07 Å². The molecule has 0 bridgehead atoms. The predicted octanol–water partition coefficient (Wildman–Crippen LogP) is 3.39. The molecule has 1 aromatic heterocycles. The van der Waals surface area contributed by atoms with Crippen molar-refractivity contribution in [3.63, 3.8) is 0 Å². The van der Waals surface area contributed by atoms with Crippen LogP contribution in [0.25, 0.3) is 11.4 Å². The van der Waals surface area contributed by atoms with Gasteiger partial charge in [0.15, 0.2) is 5.82 Å². The smallest absolute Gasteiger partial charge is 0.224 e. The number of rotatable bonds is 6. The molecule has 0 saturated heterocycles. The average molecular weight is 351 g/mol. The van der Waals surface area contributed by atoms with Crippen LogP contribution in [0.1, 0.15) is 30.9 Å². The number of hydrogen-bond donors (Lipinski definition) is 1. The highest BCUT2D eigenvalue weighted by atomic mass is 19.1. The SMILES string of the molecule is O=C(CCc1ccccc1F)Nc1ccc(-c2nnnn2C2CC2)cc1. The zero-order valence-corrected chi connectivity index (χ0v) is 14.1. The van der Waals surface area contributed by atoms with Crippen molar-refractivity contribution in [2.45, 2.75) is 31.7 Å². The van der Waals surface area contributed by atoms with Gasteiger partial charge in [-0.3, -0.25) is 4.79 Å². The largest absolute Gasteiger partial charge is 0.326 e. The van der Waals surface area contributed by atoms with Gasteiger partial charge in [0, 0.05) is 17.7 Å². The molecule has 2 aromatic carbocycles. The molecule has 7 heteroatoms. The van der Waals surface area contributed by atoms with Crippen molar-refractivity contribution in [1.82, 2.24) is 20.2 Å². The van der Waals surface area contributed by atoms with E-state index in [9.17, 15) is 9.18 Å². The number of carbonyl (C=O) groups excluding carboxylic acids is 1. The lowest BCUT2D eigenvalue weighted by molar-refractivity contribution is -0.116. The summed E-state index contributed by atoms with van der Waals surface area (Å²) in [4.78, 5) is 12.1. The first-order valence-corrected chi connectivity index (χ1v) is 8.62. The van der Waals surface area contributed by atoms with E-state index in [1.807, 2.05) is 28.9 Å². The molecule has 0 radical (unpaired) electrons. The standard InChI is InChI=1S/C19H18FN5O/c20-17-4-2-1-3-13(17)7-12-18(26)21-15-8-5-14(6-9-15)19-22-23-24-25(19)16-10-11-16/h1-6,8-9,16H,7,10-12H2,(H,21,26). The summed E-state index contributed by atoms with van der Waals surface area (Å²) < 4.78 is 15.4. The Morgan fingerprint density at radius 3 is 2.65 bits per heavy atom. The van der Waals surface area contributed by atoms with Gasteiger partial charge in [-0.15, -0.1) is 5.10 Å². The topological polar surface area (TPSA) is 72.7 Å². The number of nitrogens with one attached hydrogen (secondary N) is 1. The van der Waals surface area contributed by atoms with E-state index in [-0.39, 0.29) is 18.1 Å². The molecule has 4 rings (SSSR count). The fourth-order valence-electron chi connectivity index (χ4n) is 2.82. The number of halogens is 1. The van der Waals surface area contributed by atoms with Gasteiger partial charge in [-0.25, -0.2) is 9.07 Å². The number of amides is 1. The Hall–Kier alpha value is -3.09. The van der Waals surface area contributed by atoms with Gasteiger partial charge in [0.25, 0.3) is 0 Å². The van der Waals surface area contributed by atoms with Crippen LogP contribution >= 0.6 is 0 Å². The molecule has 1 N–H and O–H groups in total. The number of anilines is 1. The summed E-state index contributed by atoms with van der Waals surface area (Å²) in [6.07, 6.45) is 2.80. The highest BCUT2D eigenvalue weighted by Crippen LogP contribution is 2.36. The zero-order chi connectivity index (χ0) is 17.9. The molecule has 26 heavy (non-hydrogen) atoms. The normalized spacial score (nSPS) is 13.6. The number of carbonyl (C=O) groups is 1. The van der Waals surface area contributed by atoms with E-state index in [2.05, 4.69) is 20.8 Å². The molecule has 132 valence electrons. The summed E-state index contributed by atoms with van der Waals surface area (Å²) in [7, 11) is 0. The summed E-state index contributed by atoms with van der Waals surface area (Å²) in [5, 5.41) is 14.7. The van der Waals surface area contributed by atoms with E-state index in [1.54, 1.807) is 18.2 Å². The lowest BCUT2D eigenvalue weighted by atomic mass is 10.1. The summed E-state index contributed by atoms with van der Waals surface area (Å²) in [5.41, 5.74) is 2.15. The fourth-order valence-corrected chi connectivity index (χ4v) is 2.82. The van der Waals surface area contributed by atoms with Gasteiger partial charge in [-0.05, 0) is 65.6 Å². The third-order valence-corrected chi connectivity index (χ3v) is 4.39. The van der Waals surface area contributed by atoms with Crippen LogP contribution in [0.4, 0.5) is 10.1 Å². The van der Waals surface area contributed by atoms with Gasteiger partial charge >= 0.3 is 0 Å². The number of aryl methyl sites for hydroxylation is 1. The van der Waals surface area contributed by atoms with Gasteiger partial charge in [0.2, 0.25) is 5.91 Å². The predicted molar refractivity (Wildman–Crippen MR) is 94.9 cm³/mol. The Labute approximate surface area is 150 Å². The van der Waals surface area contributed by atoms with E-state index < -0.39 is 0 Å². The van der Waals surface area contributed by atoms with Crippen LogP contribution in [0.15, 0.2) is 48.5 Å². The quantitative estimate of drug-likeness (QED) is 0.739. The number of tetrazole rings is 1. The van der Waals surface area contributed by atoms with Crippen molar-refractivity contribution >= 4 is 11.6 Å². The van der Waals surface area contributed by atoms with Crippen molar-refractivity contribution in [3.8, 4) is 11.4 Å². The first kappa shape index (κ1) is 16.4. The van der Waals surface area contributed by atoms with Crippen LogP contribution in [0.2, 0.25) is 0 Å². The molecule has 1 saturated carbocycles. The number of hydrogen-bond acceptors (Lipinski definition) is 4. The maximum atomic E-state index is 13.6. The van der Waals surface area contributed by atoms with E-state index in [0.29, 0.717) is 23.7 Å². The Balaban J connectivity index is 1.37. The van der Waals surface area contributed by atoms with Crippen molar-refractivity contribution in [1.29, 1.82) is 0 Å². The van der Waals surface area contributed by atoms with E-state index in [4.69, 9.17) is 0 Å². The first-order chi connectivity index (χ1) is 12.7. The summed E-state index contributed by atoms with van der Waals surface area (Å²) in [6, 6.07) is 14.3. The summed E-state index contributed by atoms with van der Waals surface area (Å²) >= 11 is 0. The molecule has 1 aliphatic rings. The molecule has 0 spiro atoms. The van der Waals surface area contributed by atoms with Crippen molar-refractivity contribution in [2.75, 3.05) is 5.32 Å². The van der Waals surface area contributed by atoms with Crippen molar-refractivity contribution < 1.29 is 9.18 Å². The fraction of sp³-hybridized carbons (Fsp3) is 0.263. The van der Waals surface area contributed by atoms with Crippen LogP contribution < -0.4 is 5.32 Å². The Morgan fingerprint density at radius 1 is 1.15 bits per heavy atom. The van der Waals surface area contributed by atoms with E-state index in [0.717, 1.165) is 24.2 Å². The molecule has 1 heterocycles. The minimum absolute atomic E-state index is 0.149. The number of benzene rings is 2. The number of nitrogens with zero attached hydrogens (tertiary/aromatic N) is 4. The Bertz CT molecular complexity index is 918. The summed E-state index contributed by atoms with van der Waals surface area (Å²) in [6.45, 7) is 0. The molecule has 3 aromatic rings. The van der Waals surface area contributed by atoms with Crippen molar-refractivity contribution in [2.24, 2.45) is 0 Å². The molecule has 1 fully saturated rings. The van der Waals surface area contributed by atoms with Crippen LogP contribution in [-0.2, 0) is 11.2 Å². The second-order valence-corrected chi connectivity index (χ2v) is 6.40. The van der Waals surface area contributed by atoms with Crippen LogP contribution in [0, 0.1) is 5.82 Å². The third kappa shape index (κ3) is 3.61. The first-order valence-electron chi connectivity index (χ1n) is 8.62. The molecule has 1 aliphatic carbocycles. The van der Waals surface area contributed by atoms with E-state index >= 15 is 0 Å². The maximum absolute atomic E-state index is 13.6. The van der Waals surface area contributed by atoms with Gasteiger partial charge in [-0.2, -0.15) is 0 Å². The second kappa shape index (κ2) is 7.03. The van der Waals surface area contributed by atoms with Gasteiger partial charge in [-0.1, -0.05) is 18.2 Å². The van der Waals surface area contributed by atoms with Crippen LogP contribution in [0.5, 0.6) is 0 Å². The second-order valence-electron chi connectivity index (χ2n) is 6.40. The molecular weight excluding hydrogens is 333 g/mol. The molecule has 0 atom stereocenters. The molecule has 6 nitrogen and oxygen atoms in total. The van der Waals surface area contributed by atoms with Crippen molar-refractivity contribution in [3.05, 3.63) is 59.9 Å². The Kier molecular flexibility index (Phi) is 4.43. The number of aromatic nitrogens is 4. The highest BCUT2D eigenvalue weighted by molar-refractivity contribution is 5.91. The van der Waals surface area contributed by atoms with Gasteiger partial charge in [0.05, 0.1) is 6.04 Å². The molecule has 0 aliphatic heterocycles. The minimum Gasteiger partial charge on any atom is -0.326 e. The van der Waals surface area contributed by atoms with Gasteiger partial charge < -0.3 is 5.32 Å². The van der Waals surface area contributed by atoms with Gasteiger partial charge in [0.1, 0.15) is 5.82 Å². The monoisotopic (exact) mass is 351 g/mol. The Morgan fingerprint density at radius 2 is 1.92 bits per heavy atom. The minimum atomic E-state index is -0.280.